The van der Waals surface area contributed by atoms with Gasteiger partial charge in [0.1, 0.15) is 0 Å². The molecule has 0 aromatic heterocycles. The van der Waals surface area contributed by atoms with Gasteiger partial charge in [-0.15, -0.1) is 0 Å². The molecule has 0 aliphatic rings. The van der Waals surface area contributed by atoms with Crippen LogP contribution in [0.1, 0.15) is 20.8 Å². The van der Waals surface area contributed by atoms with Crippen molar-refractivity contribution in [3.8, 4) is 0 Å². The van der Waals surface area contributed by atoms with Crippen molar-refractivity contribution < 1.29 is 17.9 Å². The Morgan fingerprint density at radius 1 is 1.47 bits per heavy atom. The lowest BCUT2D eigenvalue weighted by atomic mass is 10.0. The van der Waals surface area contributed by atoms with E-state index in [4.69, 9.17) is 0 Å². The Kier molecular flexibility index (Phi) is 5.01. The summed E-state index contributed by atoms with van der Waals surface area (Å²) in [5.74, 6) is 0. The molecule has 8 heteroatoms. The highest BCUT2D eigenvalue weighted by atomic mass is 79.9. The van der Waals surface area contributed by atoms with Crippen LogP contribution in [0.3, 0.4) is 0 Å². The smallest absolute Gasteiger partial charge is 0.421 e. The van der Waals surface area contributed by atoms with Crippen molar-refractivity contribution in [2.45, 2.75) is 31.1 Å². The number of amides is 1. The SMILES string of the molecule is COC(=O)NS(=O)(=O)NC(C)(C)C(C)Br. The number of carbonyl (C=O) groups excluding carboxylic acids is 1. The molecule has 0 aromatic rings. The van der Waals surface area contributed by atoms with Gasteiger partial charge in [0.25, 0.3) is 0 Å². The van der Waals surface area contributed by atoms with Crippen LogP contribution in [0.2, 0.25) is 0 Å². The molecular formula is C7H15BrN2O4S. The molecule has 15 heavy (non-hydrogen) atoms. The predicted octanol–water partition coefficient (Wildman–Crippen LogP) is 0.739. The van der Waals surface area contributed by atoms with E-state index in [0.29, 0.717) is 0 Å². The molecule has 0 radical (unpaired) electrons. The second-order valence-corrected chi connectivity index (χ2v) is 6.33. The number of alkyl halides is 1. The van der Waals surface area contributed by atoms with Crippen molar-refractivity contribution in [3.05, 3.63) is 0 Å². The van der Waals surface area contributed by atoms with E-state index in [1.807, 2.05) is 0 Å². The van der Waals surface area contributed by atoms with Gasteiger partial charge in [-0.1, -0.05) is 22.9 Å². The minimum absolute atomic E-state index is 0.0979. The normalized spacial score (nSPS) is 14.5. The second-order valence-electron chi connectivity index (χ2n) is 3.54. The molecule has 0 aromatic carbocycles. The minimum atomic E-state index is -3.90. The van der Waals surface area contributed by atoms with Gasteiger partial charge in [0.05, 0.1) is 7.11 Å². The Labute approximate surface area is 98.1 Å². The summed E-state index contributed by atoms with van der Waals surface area (Å²) in [7, 11) is -2.81. The second kappa shape index (κ2) is 5.13. The van der Waals surface area contributed by atoms with Gasteiger partial charge in [-0.25, -0.2) is 9.52 Å². The summed E-state index contributed by atoms with van der Waals surface area (Å²) in [4.78, 5) is 10.6. The third-order valence-electron chi connectivity index (χ3n) is 1.79. The number of rotatable bonds is 4. The summed E-state index contributed by atoms with van der Waals surface area (Å²) < 4.78 is 30.9. The van der Waals surface area contributed by atoms with Gasteiger partial charge in [-0.2, -0.15) is 13.1 Å². The Morgan fingerprint density at radius 3 is 2.27 bits per heavy atom. The van der Waals surface area contributed by atoms with E-state index in [1.54, 1.807) is 25.5 Å². The predicted molar refractivity (Wildman–Crippen MR) is 60.1 cm³/mol. The number of methoxy groups -OCH3 is 1. The van der Waals surface area contributed by atoms with Gasteiger partial charge in [-0.3, -0.25) is 0 Å². The molecule has 1 unspecified atom stereocenters. The maximum Gasteiger partial charge on any atom is 0.421 e. The lowest BCUT2D eigenvalue weighted by Crippen LogP contribution is -2.53. The standard InChI is InChI=1S/C7H15BrN2O4S/c1-5(8)7(2,3)10-15(12,13)9-6(11)14-4/h5,10H,1-4H3,(H,9,11). The van der Waals surface area contributed by atoms with Crippen molar-refractivity contribution in [2.24, 2.45) is 0 Å². The summed E-state index contributed by atoms with van der Waals surface area (Å²) in [6, 6.07) is 0. The van der Waals surface area contributed by atoms with Crippen LogP contribution >= 0.6 is 15.9 Å². The highest BCUT2D eigenvalue weighted by Crippen LogP contribution is 2.17. The summed E-state index contributed by atoms with van der Waals surface area (Å²) >= 11 is 3.26. The van der Waals surface area contributed by atoms with Crippen LogP contribution in [0.4, 0.5) is 4.79 Å². The topological polar surface area (TPSA) is 84.5 Å². The van der Waals surface area contributed by atoms with Crippen LogP contribution in [0, 0.1) is 0 Å². The number of hydrogen-bond acceptors (Lipinski definition) is 4. The average Bonchev–Trinajstić information content (AvgIpc) is 2.00. The molecule has 1 atom stereocenters. The lowest BCUT2D eigenvalue weighted by Gasteiger charge is -2.28. The van der Waals surface area contributed by atoms with Gasteiger partial charge >= 0.3 is 16.3 Å². The van der Waals surface area contributed by atoms with E-state index in [-0.39, 0.29) is 4.83 Å². The Hall–Kier alpha value is -0.340. The molecule has 0 fully saturated rings. The van der Waals surface area contributed by atoms with Crippen LogP contribution in [-0.2, 0) is 14.9 Å². The van der Waals surface area contributed by atoms with Crippen LogP contribution in [-0.4, -0.2) is 32.0 Å². The van der Waals surface area contributed by atoms with Crippen molar-refractivity contribution in [2.75, 3.05) is 7.11 Å². The molecule has 0 spiro atoms. The lowest BCUT2D eigenvalue weighted by molar-refractivity contribution is 0.177. The summed E-state index contributed by atoms with van der Waals surface area (Å²) in [6.07, 6.45) is -1.03. The van der Waals surface area contributed by atoms with Crippen molar-refractivity contribution in [3.63, 3.8) is 0 Å². The third-order valence-corrected chi connectivity index (χ3v) is 4.17. The maximum absolute atomic E-state index is 11.4. The molecule has 0 rings (SSSR count). The fourth-order valence-electron chi connectivity index (χ4n) is 0.604. The molecule has 90 valence electrons. The molecule has 0 saturated heterocycles. The van der Waals surface area contributed by atoms with Gasteiger partial charge in [0.15, 0.2) is 0 Å². The van der Waals surface area contributed by atoms with E-state index in [9.17, 15) is 13.2 Å². The monoisotopic (exact) mass is 302 g/mol. The van der Waals surface area contributed by atoms with E-state index in [0.717, 1.165) is 7.11 Å². The molecule has 1 amide bonds. The Balaban J connectivity index is 4.59. The van der Waals surface area contributed by atoms with Crippen LogP contribution < -0.4 is 9.44 Å². The van der Waals surface area contributed by atoms with Crippen molar-refractivity contribution in [1.29, 1.82) is 0 Å². The number of halogens is 1. The first kappa shape index (κ1) is 14.7. The van der Waals surface area contributed by atoms with E-state index in [2.05, 4.69) is 25.4 Å². The van der Waals surface area contributed by atoms with Crippen molar-refractivity contribution >= 4 is 32.2 Å². The van der Waals surface area contributed by atoms with Gasteiger partial charge in [-0.05, 0) is 13.8 Å². The number of ether oxygens (including phenoxy) is 1. The zero-order valence-electron chi connectivity index (χ0n) is 9.00. The fourth-order valence-corrected chi connectivity index (χ4v) is 2.09. The van der Waals surface area contributed by atoms with Gasteiger partial charge in [0.2, 0.25) is 0 Å². The molecule has 0 aliphatic heterocycles. The fraction of sp³-hybridized carbons (Fsp3) is 0.857. The Morgan fingerprint density at radius 2 is 1.93 bits per heavy atom. The van der Waals surface area contributed by atoms with E-state index < -0.39 is 21.8 Å². The van der Waals surface area contributed by atoms with E-state index >= 15 is 0 Å². The molecule has 0 bridgehead atoms. The zero-order chi connectivity index (χ0) is 12.3. The largest absolute Gasteiger partial charge is 0.452 e. The number of nitrogens with one attached hydrogen (secondary N) is 2. The summed E-state index contributed by atoms with van der Waals surface area (Å²) in [5.41, 5.74) is -0.722. The summed E-state index contributed by atoms with van der Waals surface area (Å²) in [6.45, 7) is 5.16. The molecule has 0 heterocycles. The molecule has 6 nitrogen and oxygen atoms in total. The Bertz CT molecular complexity index is 326. The summed E-state index contributed by atoms with van der Waals surface area (Å²) in [5, 5.41) is 0. The first-order valence-corrected chi connectivity index (χ1v) is 6.54. The van der Waals surface area contributed by atoms with E-state index in [1.165, 1.54) is 0 Å². The molecule has 0 saturated carbocycles. The van der Waals surface area contributed by atoms with Crippen molar-refractivity contribution in [1.82, 2.24) is 9.44 Å². The van der Waals surface area contributed by atoms with Gasteiger partial charge < -0.3 is 4.74 Å². The molecule has 0 aliphatic carbocycles. The maximum atomic E-state index is 11.4. The average molecular weight is 303 g/mol. The minimum Gasteiger partial charge on any atom is -0.452 e. The van der Waals surface area contributed by atoms with Gasteiger partial charge in [0, 0.05) is 10.4 Å². The highest BCUT2D eigenvalue weighted by molar-refractivity contribution is 9.09. The first-order chi connectivity index (χ1) is 6.60. The highest BCUT2D eigenvalue weighted by Gasteiger charge is 2.30. The quantitative estimate of drug-likeness (QED) is 0.750. The van der Waals surface area contributed by atoms with Crippen LogP contribution in [0.15, 0.2) is 0 Å². The number of carbonyl (C=O) groups is 1. The van der Waals surface area contributed by atoms with Crippen LogP contribution in [0.25, 0.3) is 0 Å². The van der Waals surface area contributed by atoms with Crippen LogP contribution in [0.5, 0.6) is 0 Å². The molecule has 2 N–H and O–H groups in total. The first-order valence-electron chi connectivity index (χ1n) is 4.14. The molecular weight excluding hydrogens is 288 g/mol. The number of hydrogen-bond donors (Lipinski definition) is 2. The third kappa shape index (κ3) is 5.33. The zero-order valence-corrected chi connectivity index (χ0v) is 11.4.